The number of aliphatic hydroxyl groups excluding tert-OH is 3. The van der Waals surface area contributed by atoms with Crippen molar-refractivity contribution < 1.29 is 51.9 Å². The van der Waals surface area contributed by atoms with Crippen molar-refractivity contribution in [1.29, 1.82) is 0 Å². The highest BCUT2D eigenvalue weighted by Crippen LogP contribution is 2.55. The first-order valence-electron chi connectivity index (χ1n) is 18.2. The van der Waals surface area contributed by atoms with Crippen LogP contribution in [0.5, 0.6) is 0 Å². The maximum Gasteiger partial charge on any atom is 0.296 e. The van der Waals surface area contributed by atoms with E-state index in [1.54, 1.807) is 31.2 Å². The second-order valence-corrected chi connectivity index (χ2v) is 20.0. The molecule has 0 heterocycles. The van der Waals surface area contributed by atoms with Crippen LogP contribution in [0.1, 0.15) is 72.8 Å². The SMILES string of the molecule is CC(C)CCI.C[C@H](O)CCO.C[C@H](O)CC[P+](c1ccccc1)(c1ccccc1)c1ccccc1.Cc1ccc(S(=O)(=O)OCCC(C)C)cc1.[I-]. The molecule has 2 atom stereocenters. The van der Waals surface area contributed by atoms with E-state index in [4.69, 9.17) is 14.4 Å². The molecule has 296 valence electrons. The van der Waals surface area contributed by atoms with Gasteiger partial charge in [-0.25, -0.2) is 0 Å². The van der Waals surface area contributed by atoms with Crippen molar-refractivity contribution in [2.45, 2.75) is 91.3 Å². The predicted molar refractivity (Wildman–Crippen MR) is 232 cm³/mol. The van der Waals surface area contributed by atoms with E-state index in [1.807, 2.05) is 27.7 Å². The van der Waals surface area contributed by atoms with Crippen molar-refractivity contribution in [2.24, 2.45) is 11.8 Å². The molecule has 0 aliphatic heterocycles. The quantitative estimate of drug-likeness (QED) is 0.0611. The normalized spacial score (nSPS) is 12.2. The van der Waals surface area contributed by atoms with E-state index in [2.05, 4.69) is 127 Å². The third-order valence-electron chi connectivity index (χ3n) is 7.95. The van der Waals surface area contributed by atoms with Gasteiger partial charge in [0, 0.05) is 13.0 Å². The van der Waals surface area contributed by atoms with Gasteiger partial charge < -0.3 is 39.3 Å². The zero-order chi connectivity index (χ0) is 39.0. The summed E-state index contributed by atoms with van der Waals surface area (Å²) in [6.07, 6.45) is 3.72. The molecule has 0 unspecified atom stereocenters. The minimum absolute atomic E-state index is 0. The fourth-order valence-corrected chi connectivity index (χ4v) is 11.5. The van der Waals surface area contributed by atoms with Crippen molar-refractivity contribution in [3.63, 3.8) is 0 Å². The van der Waals surface area contributed by atoms with Crippen LogP contribution in [0.2, 0.25) is 0 Å². The zero-order valence-corrected chi connectivity index (χ0v) is 38.6. The molecule has 4 rings (SSSR count). The van der Waals surface area contributed by atoms with Crippen LogP contribution in [-0.2, 0) is 14.3 Å². The fourth-order valence-electron chi connectivity index (χ4n) is 4.83. The van der Waals surface area contributed by atoms with Gasteiger partial charge in [-0.3, -0.25) is 4.18 Å². The van der Waals surface area contributed by atoms with Crippen LogP contribution < -0.4 is 39.9 Å². The first-order valence-corrected chi connectivity index (χ1v) is 23.1. The van der Waals surface area contributed by atoms with Crippen LogP contribution in [0.25, 0.3) is 0 Å². The van der Waals surface area contributed by atoms with Gasteiger partial charge in [-0.15, -0.1) is 0 Å². The standard InChI is InChI=1S/C22H24OP.C12H18O3S.C5H11I.C4H10O2.HI/c1-19(23)17-18-24(20-11-5-2-6-12-20,21-13-7-3-8-14-21)22-15-9-4-10-16-22;1-10(2)8-9-15-16(13,14)12-6-4-11(3)5-7-12;1-5(2)3-4-6;1-4(6)2-3-5;/h2-16,19,23H,17-18H2,1H3;4-7,10H,8-9H2,1-3H3;5H,3-4H2,1-2H3;4-6H,2-3H2,1H3;1H/q+1;;;;/p-1/t19-;;;4-;/m0..0./s1. The molecule has 0 bridgehead atoms. The largest absolute Gasteiger partial charge is 1.00 e. The molecule has 0 fully saturated rings. The number of aryl methyl sites for hydroxylation is 1. The molecule has 0 radical (unpaired) electrons. The number of alkyl halides is 1. The summed E-state index contributed by atoms with van der Waals surface area (Å²) in [5.41, 5.74) is 1.03. The van der Waals surface area contributed by atoms with Gasteiger partial charge in [0.2, 0.25) is 0 Å². The number of hydrogen-bond acceptors (Lipinski definition) is 6. The van der Waals surface area contributed by atoms with E-state index in [-0.39, 0.29) is 54.3 Å². The fraction of sp³-hybridized carbons (Fsp3) is 0.442. The molecule has 6 nitrogen and oxygen atoms in total. The number of benzene rings is 4. The average Bonchev–Trinajstić information content (AvgIpc) is 3.10. The smallest absolute Gasteiger partial charge is 0.296 e. The molecule has 10 heteroatoms. The molecule has 3 N–H and O–H groups in total. The summed E-state index contributed by atoms with van der Waals surface area (Å²) < 4.78 is 29.6. The Morgan fingerprint density at radius 3 is 1.30 bits per heavy atom. The van der Waals surface area contributed by atoms with Gasteiger partial charge in [0.05, 0.1) is 29.9 Å². The number of halogens is 2. The van der Waals surface area contributed by atoms with Crippen molar-refractivity contribution >= 4 is 55.9 Å². The molecule has 0 spiro atoms. The van der Waals surface area contributed by atoms with Gasteiger partial charge in [0.15, 0.2) is 0 Å². The van der Waals surface area contributed by atoms with E-state index in [0.29, 0.717) is 12.3 Å². The minimum atomic E-state index is -3.57. The van der Waals surface area contributed by atoms with E-state index in [0.717, 1.165) is 30.5 Å². The number of hydrogen-bond donors (Lipinski definition) is 3. The summed E-state index contributed by atoms with van der Waals surface area (Å²) in [7, 11) is -5.34. The van der Waals surface area contributed by atoms with E-state index in [9.17, 15) is 13.5 Å². The van der Waals surface area contributed by atoms with Crippen LogP contribution in [0, 0.1) is 18.8 Å². The molecule has 53 heavy (non-hydrogen) atoms. The van der Waals surface area contributed by atoms with Gasteiger partial charge in [-0.05, 0) is 105 Å². The number of rotatable bonds is 15. The Bertz CT molecular complexity index is 1450. The molecule has 0 aliphatic carbocycles. The lowest BCUT2D eigenvalue weighted by atomic mass is 10.2. The Labute approximate surface area is 352 Å². The van der Waals surface area contributed by atoms with E-state index >= 15 is 0 Å². The van der Waals surface area contributed by atoms with Gasteiger partial charge in [-0.1, -0.05) is 123 Å². The summed E-state index contributed by atoms with van der Waals surface area (Å²) in [6.45, 7) is 14.3. The lowest BCUT2D eigenvalue weighted by molar-refractivity contribution is -0.0000218. The first-order chi connectivity index (χ1) is 24.7. The minimum Gasteiger partial charge on any atom is -1.00 e. The van der Waals surface area contributed by atoms with Gasteiger partial charge >= 0.3 is 0 Å². The molecule has 4 aromatic rings. The van der Waals surface area contributed by atoms with Crippen molar-refractivity contribution in [1.82, 2.24) is 0 Å². The molecule has 0 aliphatic rings. The highest BCUT2D eigenvalue weighted by molar-refractivity contribution is 14.1. The molecular weight excluding hydrogens is 929 g/mol. The predicted octanol–water partition coefficient (Wildman–Crippen LogP) is 5.72. The molecule has 0 amide bonds. The van der Waals surface area contributed by atoms with E-state index in [1.165, 1.54) is 26.8 Å². The lowest BCUT2D eigenvalue weighted by Crippen LogP contribution is -3.00. The van der Waals surface area contributed by atoms with Crippen LogP contribution in [0.4, 0.5) is 0 Å². The molecule has 0 saturated heterocycles. The van der Waals surface area contributed by atoms with Gasteiger partial charge in [0.1, 0.15) is 23.2 Å². The highest BCUT2D eigenvalue weighted by Gasteiger charge is 2.44. The zero-order valence-electron chi connectivity index (χ0n) is 32.6. The summed E-state index contributed by atoms with van der Waals surface area (Å²) in [6, 6.07) is 39.1. The first kappa shape index (κ1) is 51.6. The summed E-state index contributed by atoms with van der Waals surface area (Å²) in [5.74, 6) is 1.33. The Morgan fingerprint density at radius 1 is 0.623 bits per heavy atom. The van der Waals surface area contributed by atoms with Crippen molar-refractivity contribution in [2.75, 3.05) is 23.8 Å². The van der Waals surface area contributed by atoms with Crippen LogP contribution in [-0.4, -0.2) is 59.7 Å². The maximum absolute atomic E-state index is 11.7. The second kappa shape index (κ2) is 28.9. The van der Waals surface area contributed by atoms with Gasteiger partial charge in [-0.2, -0.15) is 8.42 Å². The lowest BCUT2D eigenvalue weighted by Gasteiger charge is -2.28. The summed E-state index contributed by atoms with van der Waals surface area (Å²) in [5, 5.41) is 30.6. The highest BCUT2D eigenvalue weighted by atomic mass is 127. The Balaban J connectivity index is 0.000000802. The van der Waals surface area contributed by atoms with Gasteiger partial charge in [0.25, 0.3) is 10.1 Å². The average molecular weight is 993 g/mol. The third-order valence-corrected chi connectivity index (χ3v) is 14.4. The van der Waals surface area contributed by atoms with Crippen molar-refractivity contribution in [3.05, 3.63) is 121 Å². The Kier molecular flexibility index (Phi) is 28.1. The second-order valence-electron chi connectivity index (χ2n) is 13.7. The Morgan fingerprint density at radius 2 is 1.02 bits per heavy atom. The maximum atomic E-state index is 11.7. The number of aliphatic hydroxyl groups is 3. The van der Waals surface area contributed by atoms with Crippen LogP contribution in [0.3, 0.4) is 0 Å². The molecule has 0 aromatic heterocycles. The third kappa shape index (κ3) is 20.9. The Hall–Kier alpha value is -1.44. The molecule has 4 aromatic carbocycles. The van der Waals surface area contributed by atoms with E-state index < -0.39 is 17.4 Å². The monoisotopic (exact) mass is 992 g/mol. The van der Waals surface area contributed by atoms with Crippen LogP contribution in [0.15, 0.2) is 120 Å². The van der Waals surface area contributed by atoms with Crippen molar-refractivity contribution in [3.8, 4) is 0 Å². The molecular formula is C43H63I2O6PS. The topological polar surface area (TPSA) is 104 Å². The molecule has 0 saturated carbocycles. The summed E-state index contributed by atoms with van der Waals surface area (Å²) in [4.78, 5) is 0.224. The van der Waals surface area contributed by atoms with Crippen LogP contribution >= 0.6 is 29.9 Å². The summed E-state index contributed by atoms with van der Waals surface area (Å²) >= 11 is 2.40.